The molecule has 2 aromatic heterocycles. The van der Waals surface area contributed by atoms with Crippen molar-refractivity contribution in [1.29, 1.82) is 0 Å². The van der Waals surface area contributed by atoms with Crippen LogP contribution < -0.4 is 15.0 Å². The van der Waals surface area contributed by atoms with Crippen LogP contribution in [0.1, 0.15) is 31.2 Å². The molecular formula is C33H42N6O4S. The molecule has 2 aliphatic heterocycles. The Morgan fingerprint density at radius 1 is 1.07 bits per heavy atom. The van der Waals surface area contributed by atoms with Gasteiger partial charge in [0.25, 0.3) is 0 Å². The zero-order valence-electron chi connectivity index (χ0n) is 25.8. The molecule has 0 radical (unpaired) electrons. The highest BCUT2D eigenvalue weighted by atomic mass is 32.2. The molecule has 3 aromatic rings. The van der Waals surface area contributed by atoms with Gasteiger partial charge in [0.1, 0.15) is 12.1 Å². The lowest BCUT2D eigenvalue weighted by Crippen LogP contribution is -2.45. The summed E-state index contributed by atoms with van der Waals surface area (Å²) in [5.74, 6) is 1.36. The van der Waals surface area contributed by atoms with E-state index in [1.54, 1.807) is 43.2 Å². The fraction of sp³-hybridized carbons (Fsp3) is 0.424. The lowest BCUT2D eigenvalue weighted by atomic mass is 10.0. The Balaban J connectivity index is 1.39. The van der Waals surface area contributed by atoms with Crippen molar-refractivity contribution >= 4 is 26.7 Å². The van der Waals surface area contributed by atoms with Gasteiger partial charge in [0.15, 0.2) is 0 Å². The van der Waals surface area contributed by atoms with E-state index in [-0.39, 0.29) is 4.91 Å². The highest BCUT2D eigenvalue weighted by Crippen LogP contribution is 2.32. The molecule has 0 spiro atoms. The van der Waals surface area contributed by atoms with Crippen LogP contribution >= 0.6 is 0 Å². The largest absolute Gasteiger partial charge is 0.481 e. The normalized spacial score (nSPS) is 19.5. The first-order chi connectivity index (χ1) is 21.3. The van der Waals surface area contributed by atoms with Gasteiger partial charge in [-0.25, -0.2) is 23.4 Å². The number of aryl methyl sites for hydroxylation is 1. The highest BCUT2D eigenvalue weighted by Gasteiger charge is 2.30. The Labute approximate surface area is 260 Å². The molecule has 1 fully saturated rings. The number of methoxy groups -OCH3 is 2. The number of pyridine rings is 1. The third-order valence-corrected chi connectivity index (χ3v) is 10.0. The number of rotatable bonds is 9. The molecule has 10 nitrogen and oxygen atoms in total. The van der Waals surface area contributed by atoms with Gasteiger partial charge in [-0.05, 0) is 79.7 Å². The van der Waals surface area contributed by atoms with E-state index in [1.165, 1.54) is 0 Å². The number of hydrogen-bond acceptors (Lipinski definition) is 9. The summed E-state index contributed by atoms with van der Waals surface area (Å²) in [7, 11) is -0.383. The minimum Gasteiger partial charge on any atom is -0.481 e. The van der Waals surface area contributed by atoms with E-state index in [0.29, 0.717) is 43.7 Å². The molecule has 1 saturated heterocycles. The molecule has 2 aliphatic rings. The van der Waals surface area contributed by atoms with Crippen molar-refractivity contribution in [3.63, 3.8) is 0 Å². The van der Waals surface area contributed by atoms with Gasteiger partial charge < -0.3 is 19.7 Å². The van der Waals surface area contributed by atoms with Crippen molar-refractivity contribution in [2.75, 3.05) is 58.5 Å². The summed E-state index contributed by atoms with van der Waals surface area (Å²) in [5, 5.41) is 4.38. The minimum atomic E-state index is -3.66. The van der Waals surface area contributed by atoms with Crippen LogP contribution in [0, 0.1) is 6.92 Å². The van der Waals surface area contributed by atoms with Crippen LogP contribution in [-0.4, -0.2) is 87.3 Å². The van der Waals surface area contributed by atoms with Gasteiger partial charge in [-0.2, -0.15) is 4.31 Å². The highest BCUT2D eigenvalue weighted by molar-refractivity contribution is 7.93. The van der Waals surface area contributed by atoms with E-state index in [4.69, 9.17) is 14.5 Å². The smallest absolute Gasteiger partial charge is 0.243 e. The number of allylic oxidation sites excluding steroid dienone is 2. The van der Waals surface area contributed by atoms with Crippen LogP contribution in [-0.2, 0) is 14.8 Å². The minimum absolute atomic E-state index is 0.285. The molecule has 0 atom stereocenters. The number of hydrogen-bond donors (Lipinski definition) is 1. The maximum atomic E-state index is 13.8. The monoisotopic (exact) mass is 618 g/mol. The van der Waals surface area contributed by atoms with Crippen LogP contribution in [0.3, 0.4) is 0 Å². The predicted molar refractivity (Wildman–Crippen MR) is 175 cm³/mol. The molecule has 11 heteroatoms. The Morgan fingerprint density at radius 2 is 1.89 bits per heavy atom. The summed E-state index contributed by atoms with van der Waals surface area (Å²) in [4.78, 5) is 16.2. The van der Waals surface area contributed by atoms with Gasteiger partial charge >= 0.3 is 0 Å². The molecule has 0 amide bonds. The summed E-state index contributed by atoms with van der Waals surface area (Å²) >= 11 is 0. The van der Waals surface area contributed by atoms with Gasteiger partial charge in [0, 0.05) is 69.1 Å². The molecule has 0 bridgehead atoms. The van der Waals surface area contributed by atoms with Crippen molar-refractivity contribution in [2.24, 2.45) is 0 Å². The molecule has 0 saturated carbocycles. The van der Waals surface area contributed by atoms with Crippen LogP contribution in [0.4, 0.5) is 5.82 Å². The SMILES string of the molecule is C=C1/C=C(S(=O)(=O)N2CCC(NCCOC)CC2)\C=C/CCCN(c2ncnc3c(C)cc(-c4ccc(OC)nc4)cc23)C1. The fourth-order valence-corrected chi connectivity index (χ4v) is 7.37. The van der Waals surface area contributed by atoms with Crippen molar-refractivity contribution in [3.05, 3.63) is 77.6 Å². The average Bonchev–Trinajstić information content (AvgIpc) is 3.03. The van der Waals surface area contributed by atoms with Gasteiger partial charge in [0.05, 0.1) is 24.1 Å². The average molecular weight is 619 g/mol. The predicted octanol–water partition coefficient (Wildman–Crippen LogP) is 4.64. The number of nitrogens with zero attached hydrogens (tertiary/aromatic N) is 5. The molecule has 44 heavy (non-hydrogen) atoms. The van der Waals surface area contributed by atoms with E-state index >= 15 is 0 Å². The number of aromatic nitrogens is 3. The number of piperidine rings is 1. The fourth-order valence-electron chi connectivity index (χ4n) is 5.80. The Kier molecular flexibility index (Phi) is 10.4. The van der Waals surface area contributed by atoms with Crippen molar-refractivity contribution in [1.82, 2.24) is 24.6 Å². The Hall–Kier alpha value is -3.64. The Bertz CT molecular complexity index is 1630. The first-order valence-corrected chi connectivity index (χ1v) is 16.5. The third-order valence-electron chi connectivity index (χ3n) is 8.14. The zero-order valence-corrected chi connectivity index (χ0v) is 26.6. The summed E-state index contributed by atoms with van der Waals surface area (Å²) in [6, 6.07) is 8.33. The van der Waals surface area contributed by atoms with E-state index in [2.05, 4.69) is 38.9 Å². The van der Waals surface area contributed by atoms with E-state index < -0.39 is 10.0 Å². The van der Waals surface area contributed by atoms with Gasteiger partial charge in [-0.3, -0.25) is 0 Å². The molecule has 1 aromatic carbocycles. The number of benzene rings is 1. The summed E-state index contributed by atoms with van der Waals surface area (Å²) in [6.45, 7) is 9.88. The number of ether oxygens (including phenoxy) is 2. The number of nitrogens with one attached hydrogen (secondary N) is 1. The van der Waals surface area contributed by atoms with Crippen LogP contribution in [0.15, 0.2) is 72.1 Å². The number of sulfonamides is 1. The lowest BCUT2D eigenvalue weighted by molar-refractivity contribution is 0.189. The van der Waals surface area contributed by atoms with Gasteiger partial charge in [-0.1, -0.05) is 12.7 Å². The number of fused-ring (bicyclic) bond motifs is 1. The maximum Gasteiger partial charge on any atom is 0.243 e. The second-order valence-electron chi connectivity index (χ2n) is 11.3. The quantitative estimate of drug-likeness (QED) is 0.343. The molecule has 0 unspecified atom stereocenters. The van der Waals surface area contributed by atoms with E-state index in [0.717, 1.165) is 72.2 Å². The second-order valence-corrected chi connectivity index (χ2v) is 13.2. The standard InChI is InChI=1S/C33H42N6O4S/c1-24-18-29(44(40,41)39-15-11-28(12-16-39)34-13-17-42-3)8-6-5-7-14-38(22-24)33-30-20-27(19-25(2)32(30)36-23-37-33)26-9-10-31(43-4)35-21-26/h6,8-10,18-21,23,28,34H,1,5,7,11-17,22H2,2-4H3/b8-6-,29-18+. The third kappa shape index (κ3) is 7.35. The molecular weight excluding hydrogens is 576 g/mol. The van der Waals surface area contributed by atoms with Crippen molar-refractivity contribution in [3.8, 4) is 17.0 Å². The van der Waals surface area contributed by atoms with Crippen LogP contribution in [0.25, 0.3) is 22.0 Å². The number of anilines is 1. The molecule has 5 rings (SSSR count). The lowest BCUT2D eigenvalue weighted by Gasteiger charge is -2.32. The molecule has 4 heterocycles. The van der Waals surface area contributed by atoms with Gasteiger partial charge in [-0.15, -0.1) is 0 Å². The first kappa shape index (κ1) is 31.8. The van der Waals surface area contributed by atoms with E-state index in [9.17, 15) is 8.42 Å². The maximum absolute atomic E-state index is 13.8. The summed E-state index contributed by atoms with van der Waals surface area (Å²) < 4.78 is 39.5. The summed E-state index contributed by atoms with van der Waals surface area (Å²) in [5.41, 5.74) is 4.58. The first-order valence-electron chi connectivity index (χ1n) is 15.1. The Morgan fingerprint density at radius 3 is 2.61 bits per heavy atom. The van der Waals surface area contributed by atoms with E-state index in [1.807, 2.05) is 25.1 Å². The molecule has 234 valence electrons. The van der Waals surface area contributed by atoms with Crippen molar-refractivity contribution in [2.45, 2.75) is 38.6 Å². The van der Waals surface area contributed by atoms with Gasteiger partial charge in [0.2, 0.25) is 15.9 Å². The molecule has 1 N–H and O–H groups in total. The topological polar surface area (TPSA) is 110 Å². The summed E-state index contributed by atoms with van der Waals surface area (Å²) in [6.07, 6.45) is 11.9. The zero-order chi connectivity index (χ0) is 31.1. The van der Waals surface area contributed by atoms with Crippen molar-refractivity contribution < 1.29 is 17.9 Å². The second kappa shape index (κ2) is 14.4. The van der Waals surface area contributed by atoms with Crippen LogP contribution in [0.2, 0.25) is 0 Å². The molecule has 0 aliphatic carbocycles. The van der Waals surface area contributed by atoms with Crippen LogP contribution in [0.5, 0.6) is 5.88 Å².